The largest absolute Gasteiger partial charge is 0.348 e. The molecule has 1 fully saturated rings. The molecule has 5 heteroatoms. The molecule has 0 unspecified atom stereocenters. The SMILES string of the molecule is CCc1ccc([C@H](NC(=O)CN2CCN(C(=O)c3ccccc3)CC2)C(C)C)cc1. The molecule has 1 N–H and O–H groups in total. The quantitative estimate of drug-likeness (QED) is 0.764. The molecule has 5 nitrogen and oxygen atoms in total. The summed E-state index contributed by atoms with van der Waals surface area (Å²) >= 11 is 0. The summed E-state index contributed by atoms with van der Waals surface area (Å²) in [4.78, 5) is 29.3. The molecule has 30 heavy (non-hydrogen) atoms. The standard InChI is InChI=1S/C25H33N3O2/c1-4-20-10-12-21(13-11-20)24(19(2)3)26-23(29)18-27-14-16-28(17-15-27)25(30)22-8-6-5-7-9-22/h5-13,19,24H,4,14-18H2,1-3H3,(H,26,29)/t24-/m1/s1. The fraction of sp³-hybridized carbons (Fsp3) is 0.440. The van der Waals surface area contributed by atoms with Crippen molar-refractivity contribution in [3.05, 3.63) is 71.3 Å². The van der Waals surface area contributed by atoms with Crippen molar-refractivity contribution in [1.82, 2.24) is 15.1 Å². The van der Waals surface area contributed by atoms with E-state index in [4.69, 9.17) is 0 Å². The average molecular weight is 408 g/mol. The van der Waals surface area contributed by atoms with Crippen molar-refractivity contribution in [2.24, 2.45) is 5.92 Å². The Bertz CT molecular complexity index is 825. The van der Waals surface area contributed by atoms with Crippen LogP contribution in [0.2, 0.25) is 0 Å². The molecule has 2 aromatic carbocycles. The predicted octanol–water partition coefficient (Wildman–Crippen LogP) is 3.52. The van der Waals surface area contributed by atoms with Gasteiger partial charge in [-0.3, -0.25) is 14.5 Å². The van der Waals surface area contributed by atoms with E-state index < -0.39 is 0 Å². The van der Waals surface area contributed by atoms with Gasteiger partial charge >= 0.3 is 0 Å². The zero-order valence-corrected chi connectivity index (χ0v) is 18.3. The highest BCUT2D eigenvalue weighted by Crippen LogP contribution is 2.22. The van der Waals surface area contributed by atoms with Crippen molar-refractivity contribution in [1.29, 1.82) is 0 Å². The van der Waals surface area contributed by atoms with Gasteiger partial charge in [-0.1, -0.05) is 63.2 Å². The number of nitrogens with zero attached hydrogens (tertiary/aromatic N) is 2. The van der Waals surface area contributed by atoms with Gasteiger partial charge in [0.1, 0.15) is 0 Å². The second-order valence-electron chi connectivity index (χ2n) is 8.32. The summed E-state index contributed by atoms with van der Waals surface area (Å²) < 4.78 is 0. The van der Waals surface area contributed by atoms with Gasteiger partial charge in [0, 0.05) is 31.7 Å². The first-order valence-corrected chi connectivity index (χ1v) is 10.9. The molecule has 0 radical (unpaired) electrons. The van der Waals surface area contributed by atoms with Crippen molar-refractivity contribution in [2.45, 2.75) is 33.2 Å². The minimum absolute atomic E-state index is 0.00403. The van der Waals surface area contributed by atoms with Crippen molar-refractivity contribution >= 4 is 11.8 Å². The van der Waals surface area contributed by atoms with Gasteiger partial charge in [-0.2, -0.15) is 0 Å². The van der Waals surface area contributed by atoms with Crippen LogP contribution in [0.5, 0.6) is 0 Å². The van der Waals surface area contributed by atoms with E-state index in [2.05, 4.69) is 55.3 Å². The Kier molecular flexibility index (Phi) is 7.63. The van der Waals surface area contributed by atoms with E-state index in [1.807, 2.05) is 35.2 Å². The number of piperazine rings is 1. The number of carbonyl (C=O) groups is 2. The second kappa shape index (κ2) is 10.4. The van der Waals surface area contributed by atoms with Crippen molar-refractivity contribution in [3.63, 3.8) is 0 Å². The maximum atomic E-state index is 12.7. The Hall–Kier alpha value is -2.66. The second-order valence-corrected chi connectivity index (χ2v) is 8.32. The molecule has 160 valence electrons. The molecule has 1 aliphatic rings. The van der Waals surface area contributed by atoms with Crippen LogP contribution < -0.4 is 5.32 Å². The van der Waals surface area contributed by atoms with Crippen molar-refractivity contribution < 1.29 is 9.59 Å². The molecule has 1 aliphatic heterocycles. The molecule has 0 aliphatic carbocycles. The van der Waals surface area contributed by atoms with Crippen LogP contribution >= 0.6 is 0 Å². The fourth-order valence-electron chi connectivity index (χ4n) is 3.89. The van der Waals surface area contributed by atoms with Gasteiger partial charge in [-0.05, 0) is 35.6 Å². The molecular formula is C25H33N3O2. The number of carbonyl (C=O) groups excluding carboxylic acids is 2. The third-order valence-electron chi connectivity index (χ3n) is 5.78. The first-order chi connectivity index (χ1) is 14.5. The molecule has 1 heterocycles. The van der Waals surface area contributed by atoms with E-state index >= 15 is 0 Å². The highest BCUT2D eigenvalue weighted by molar-refractivity contribution is 5.94. The van der Waals surface area contributed by atoms with Crippen LogP contribution in [0.1, 0.15) is 48.3 Å². The van der Waals surface area contributed by atoms with E-state index in [0.717, 1.165) is 17.5 Å². The topological polar surface area (TPSA) is 52.7 Å². The van der Waals surface area contributed by atoms with Gasteiger partial charge in [0.25, 0.3) is 5.91 Å². The van der Waals surface area contributed by atoms with Gasteiger partial charge in [0.05, 0.1) is 12.6 Å². The number of hydrogen-bond donors (Lipinski definition) is 1. The monoisotopic (exact) mass is 407 g/mol. The third kappa shape index (κ3) is 5.70. The first-order valence-electron chi connectivity index (χ1n) is 10.9. The van der Waals surface area contributed by atoms with E-state index in [1.54, 1.807) is 0 Å². The molecule has 1 atom stereocenters. The lowest BCUT2D eigenvalue weighted by molar-refractivity contribution is -0.123. The Labute approximate surface area is 180 Å². The van der Waals surface area contributed by atoms with Gasteiger partial charge in [0.2, 0.25) is 5.91 Å². The van der Waals surface area contributed by atoms with Crippen LogP contribution in [0.4, 0.5) is 0 Å². The molecule has 0 saturated carbocycles. The third-order valence-corrected chi connectivity index (χ3v) is 5.78. The number of hydrogen-bond acceptors (Lipinski definition) is 3. The summed E-state index contributed by atoms with van der Waals surface area (Å²) in [5.41, 5.74) is 3.17. The molecule has 2 amide bonds. The van der Waals surface area contributed by atoms with E-state index in [1.165, 1.54) is 5.56 Å². The first kappa shape index (κ1) is 22.0. The number of aryl methyl sites for hydroxylation is 1. The maximum Gasteiger partial charge on any atom is 0.253 e. The van der Waals surface area contributed by atoms with Crippen molar-refractivity contribution in [2.75, 3.05) is 32.7 Å². The van der Waals surface area contributed by atoms with Crippen LogP contribution in [0, 0.1) is 5.92 Å². The van der Waals surface area contributed by atoms with Crippen LogP contribution in [0.3, 0.4) is 0 Å². The average Bonchev–Trinajstić information content (AvgIpc) is 2.78. The zero-order chi connectivity index (χ0) is 21.5. The molecule has 0 spiro atoms. The summed E-state index contributed by atoms with van der Waals surface area (Å²) in [5, 5.41) is 3.22. The molecular weight excluding hydrogens is 374 g/mol. The summed E-state index contributed by atoms with van der Waals surface area (Å²) in [6, 6.07) is 17.9. The zero-order valence-electron chi connectivity index (χ0n) is 18.3. The van der Waals surface area contributed by atoms with E-state index in [0.29, 0.717) is 38.6 Å². The van der Waals surface area contributed by atoms with E-state index in [9.17, 15) is 9.59 Å². The molecule has 0 aromatic heterocycles. The lowest BCUT2D eigenvalue weighted by Crippen LogP contribution is -2.51. The number of benzene rings is 2. The Morgan fingerprint density at radius 3 is 2.13 bits per heavy atom. The molecule has 1 saturated heterocycles. The number of amides is 2. The van der Waals surface area contributed by atoms with Crippen molar-refractivity contribution in [3.8, 4) is 0 Å². The fourth-order valence-corrected chi connectivity index (χ4v) is 3.89. The van der Waals surface area contributed by atoms with Crippen LogP contribution in [0.15, 0.2) is 54.6 Å². The predicted molar refractivity (Wildman–Crippen MR) is 120 cm³/mol. The Morgan fingerprint density at radius 1 is 0.933 bits per heavy atom. The molecule has 2 aromatic rings. The lowest BCUT2D eigenvalue weighted by Gasteiger charge is -2.35. The van der Waals surface area contributed by atoms with Gasteiger partial charge in [-0.25, -0.2) is 0 Å². The highest BCUT2D eigenvalue weighted by atomic mass is 16.2. The summed E-state index contributed by atoms with van der Waals surface area (Å²) in [7, 11) is 0. The minimum atomic E-state index is 0.00403. The van der Waals surface area contributed by atoms with E-state index in [-0.39, 0.29) is 17.9 Å². The van der Waals surface area contributed by atoms with Crippen LogP contribution in [-0.2, 0) is 11.2 Å². The Morgan fingerprint density at radius 2 is 1.57 bits per heavy atom. The summed E-state index contributed by atoms with van der Waals surface area (Å²) in [5.74, 6) is 0.410. The Balaban J connectivity index is 1.51. The smallest absolute Gasteiger partial charge is 0.253 e. The van der Waals surface area contributed by atoms with Gasteiger partial charge in [-0.15, -0.1) is 0 Å². The summed E-state index contributed by atoms with van der Waals surface area (Å²) in [6.45, 7) is 9.49. The number of rotatable bonds is 7. The summed E-state index contributed by atoms with van der Waals surface area (Å²) in [6.07, 6.45) is 1.01. The van der Waals surface area contributed by atoms with Gasteiger partial charge in [0.15, 0.2) is 0 Å². The lowest BCUT2D eigenvalue weighted by atomic mass is 9.95. The number of nitrogens with one attached hydrogen (secondary N) is 1. The highest BCUT2D eigenvalue weighted by Gasteiger charge is 2.24. The molecule has 3 rings (SSSR count). The normalized spacial score (nSPS) is 15.8. The molecule has 0 bridgehead atoms. The minimum Gasteiger partial charge on any atom is -0.348 e. The van der Waals surface area contributed by atoms with Gasteiger partial charge < -0.3 is 10.2 Å². The van der Waals surface area contributed by atoms with Crippen LogP contribution in [0.25, 0.3) is 0 Å². The van der Waals surface area contributed by atoms with Crippen LogP contribution in [-0.4, -0.2) is 54.3 Å². The maximum absolute atomic E-state index is 12.7.